The predicted molar refractivity (Wildman–Crippen MR) is 98.4 cm³/mol. The van der Waals surface area contributed by atoms with Crippen LogP contribution in [0.1, 0.15) is 84.0 Å². The zero-order chi connectivity index (χ0) is 18.2. The van der Waals surface area contributed by atoms with Gasteiger partial charge in [-0.05, 0) is 56.8 Å². The fraction of sp³-hybridized carbons (Fsp3) is 0.714. The summed E-state index contributed by atoms with van der Waals surface area (Å²) in [7, 11) is 0. The largest absolute Gasteiger partial charge is 0.478 e. The molecular formula is C21H32O4. The van der Waals surface area contributed by atoms with Gasteiger partial charge in [-0.1, -0.05) is 50.7 Å². The van der Waals surface area contributed by atoms with Crippen LogP contribution in [-0.4, -0.2) is 22.2 Å². The molecule has 0 spiro atoms. The topological polar surface area (TPSA) is 74.6 Å². The van der Waals surface area contributed by atoms with Gasteiger partial charge in [0.25, 0.3) is 0 Å². The minimum atomic E-state index is -1.05. The first kappa shape index (κ1) is 19.7. The van der Waals surface area contributed by atoms with Crippen LogP contribution in [0.4, 0.5) is 0 Å². The molecule has 2 saturated carbocycles. The molecule has 4 heteroatoms. The standard InChI is InChI=1S/C12H22.C9H10O4/c1-2-3-4-5-6-7-8-9-12-10-11-12;10-8(11)6-4-1-2-5(3-4)7(6)9(12)13/h9H,2-8,10-11H2,1H3;4-5H,1-3H2,(H,10,11)(H,12,13). The molecule has 0 radical (unpaired) electrons. The first-order valence-electron chi connectivity index (χ1n) is 9.93. The second-order valence-electron chi connectivity index (χ2n) is 7.56. The lowest BCUT2D eigenvalue weighted by atomic mass is 9.92. The molecule has 140 valence electrons. The summed E-state index contributed by atoms with van der Waals surface area (Å²) < 4.78 is 0. The minimum Gasteiger partial charge on any atom is -0.478 e. The highest BCUT2D eigenvalue weighted by molar-refractivity contribution is 6.01. The minimum absolute atomic E-state index is 0.00593. The Labute approximate surface area is 151 Å². The van der Waals surface area contributed by atoms with Crippen LogP contribution in [0.25, 0.3) is 0 Å². The van der Waals surface area contributed by atoms with Crippen molar-refractivity contribution < 1.29 is 19.8 Å². The van der Waals surface area contributed by atoms with Crippen molar-refractivity contribution in [3.05, 3.63) is 22.8 Å². The monoisotopic (exact) mass is 348 g/mol. The number of carbonyl (C=O) groups is 2. The van der Waals surface area contributed by atoms with Crippen molar-refractivity contribution in [3.8, 4) is 0 Å². The van der Waals surface area contributed by atoms with Gasteiger partial charge in [0.2, 0.25) is 0 Å². The Balaban J connectivity index is 0.000000181. The number of hydrogen-bond acceptors (Lipinski definition) is 2. The molecule has 3 aliphatic rings. The number of hydrogen-bond donors (Lipinski definition) is 2. The van der Waals surface area contributed by atoms with Crippen molar-refractivity contribution in [1.29, 1.82) is 0 Å². The second-order valence-corrected chi connectivity index (χ2v) is 7.56. The van der Waals surface area contributed by atoms with Gasteiger partial charge in [-0.2, -0.15) is 0 Å². The SMILES string of the molecule is CCCCCCCCC=C1CC1.O=C(O)C1=C(C(=O)O)C2CCC1C2. The number of allylic oxidation sites excluding steroid dienone is 2. The van der Waals surface area contributed by atoms with Gasteiger partial charge < -0.3 is 10.2 Å². The Morgan fingerprint density at radius 3 is 1.92 bits per heavy atom. The molecule has 2 N–H and O–H groups in total. The Morgan fingerprint density at radius 2 is 1.44 bits per heavy atom. The summed E-state index contributed by atoms with van der Waals surface area (Å²) in [5, 5.41) is 17.7. The molecule has 2 unspecified atom stereocenters. The summed E-state index contributed by atoms with van der Waals surface area (Å²) in [4.78, 5) is 21.6. The molecule has 0 saturated heterocycles. The van der Waals surface area contributed by atoms with Crippen LogP contribution in [-0.2, 0) is 9.59 Å². The molecule has 0 aromatic carbocycles. The van der Waals surface area contributed by atoms with E-state index in [1.54, 1.807) is 5.57 Å². The summed E-state index contributed by atoms with van der Waals surface area (Å²) in [6.07, 6.45) is 17.6. The number of rotatable bonds is 9. The predicted octanol–water partition coefficient (Wildman–Crippen LogP) is 5.34. The third-order valence-corrected chi connectivity index (χ3v) is 5.53. The van der Waals surface area contributed by atoms with Gasteiger partial charge in [0.1, 0.15) is 0 Å². The maximum atomic E-state index is 10.8. The molecule has 2 bridgehead atoms. The number of fused-ring (bicyclic) bond motifs is 2. The average Bonchev–Trinajstić information content (AvgIpc) is 3.16. The quantitative estimate of drug-likeness (QED) is 0.436. The fourth-order valence-corrected chi connectivity index (χ4v) is 4.03. The van der Waals surface area contributed by atoms with E-state index in [2.05, 4.69) is 13.0 Å². The van der Waals surface area contributed by atoms with Crippen molar-refractivity contribution >= 4 is 11.9 Å². The van der Waals surface area contributed by atoms with Crippen molar-refractivity contribution in [2.24, 2.45) is 11.8 Å². The molecule has 0 aromatic rings. The number of aliphatic carboxylic acids is 2. The van der Waals surface area contributed by atoms with Crippen LogP contribution < -0.4 is 0 Å². The molecule has 3 rings (SSSR count). The first-order valence-corrected chi connectivity index (χ1v) is 9.93. The van der Waals surface area contributed by atoms with Gasteiger partial charge in [-0.15, -0.1) is 0 Å². The third kappa shape index (κ3) is 6.02. The normalized spacial score (nSPS) is 23.3. The highest BCUT2D eigenvalue weighted by atomic mass is 16.4. The maximum Gasteiger partial charge on any atom is 0.332 e. The maximum absolute atomic E-state index is 10.8. The van der Waals surface area contributed by atoms with E-state index in [-0.39, 0.29) is 23.0 Å². The smallest absolute Gasteiger partial charge is 0.332 e. The molecule has 25 heavy (non-hydrogen) atoms. The zero-order valence-electron chi connectivity index (χ0n) is 15.4. The highest BCUT2D eigenvalue weighted by Crippen LogP contribution is 2.48. The molecule has 0 heterocycles. The van der Waals surface area contributed by atoms with Gasteiger partial charge in [-0.25, -0.2) is 9.59 Å². The van der Waals surface area contributed by atoms with E-state index >= 15 is 0 Å². The van der Waals surface area contributed by atoms with E-state index in [4.69, 9.17) is 10.2 Å². The van der Waals surface area contributed by atoms with Crippen LogP contribution in [0.15, 0.2) is 22.8 Å². The van der Waals surface area contributed by atoms with E-state index in [0.717, 1.165) is 19.3 Å². The lowest BCUT2D eigenvalue weighted by Gasteiger charge is -2.12. The summed E-state index contributed by atoms with van der Waals surface area (Å²) in [6.45, 7) is 2.28. The molecule has 3 aliphatic carbocycles. The fourth-order valence-electron chi connectivity index (χ4n) is 4.03. The summed E-state index contributed by atoms with van der Waals surface area (Å²) >= 11 is 0. The third-order valence-electron chi connectivity index (χ3n) is 5.53. The van der Waals surface area contributed by atoms with Crippen molar-refractivity contribution in [2.75, 3.05) is 0 Å². The van der Waals surface area contributed by atoms with E-state index in [1.165, 1.54) is 57.8 Å². The van der Waals surface area contributed by atoms with E-state index < -0.39 is 11.9 Å². The second kappa shape index (κ2) is 9.79. The number of unbranched alkanes of at least 4 members (excludes halogenated alkanes) is 6. The summed E-state index contributed by atoms with van der Waals surface area (Å²) in [5.41, 5.74) is 2.02. The highest BCUT2D eigenvalue weighted by Gasteiger charge is 2.44. The van der Waals surface area contributed by atoms with Crippen LogP contribution >= 0.6 is 0 Å². The van der Waals surface area contributed by atoms with Crippen molar-refractivity contribution in [3.63, 3.8) is 0 Å². The van der Waals surface area contributed by atoms with Crippen LogP contribution in [0.2, 0.25) is 0 Å². The van der Waals surface area contributed by atoms with Crippen LogP contribution in [0, 0.1) is 11.8 Å². The van der Waals surface area contributed by atoms with Gasteiger partial charge in [0, 0.05) is 0 Å². The van der Waals surface area contributed by atoms with Gasteiger partial charge in [0.15, 0.2) is 0 Å². The lowest BCUT2D eigenvalue weighted by molar-refractivity contribution is -0.136. The van der Waals surface area contributed by atoms with Crippen molar-refractivity contribution in [1.82, 2.24) is 0 Å². The first-order chi connectivity index (χ1) is 12.0. The lowest BCUT2D eigenvalue weighted by Crippen LogP contribution is -2.17. The number of carboxylic acids is 2. The number of carboxylic acid groups (broad SMARTS) is 2. The van der Waals surface area contributed by atoms with Gasteiger partial charge >= 0.3 is 11.9 Å². The van der Waals surface area contributed by atoms with E-state index in [0.29, 0.717) is 0 Å². The molecule has 0 amide bonds. The van der Waals surface area contributed by atoms with Crippen LogP contribution in [0.3, 0.4) is 0 Å². The zero-order valence-corrected chi connectivity index (χ0v) is 15.4. The molecule has 0 aromatic heterocycles. The van der Waals surface area contributed by atoms with Crippen LogP contribution in [0.5, 0.6) is 0 Å². The molecule has 0 aliphatic heterocycles. The van der Waals surface area contributed by atoms with E-state index in [9.17, 15) is 9.59 Å². The average molecular weight is 348 g/mol. The van der Waals surface area contributed by atoms with Crippen molar-refractivity contribution in [2.45, 2.75) is 84.0 Å². The molecular weight excluding hydrogens is 316 g/mol. The summed E-state index contributed by atoms with van der Waals surface area (Å²) in [6, 6.07) is 0. The Bertz CT molecular complexity index is 508. The summed E-state index contributed by atoms with van der Waals surface area (Å²) in [5.74, 6) is -2.11. The Kier molecular flexibility index (Phi) is 7.73. The van der Waals surface area contributed by atoms with Gasteiger partial charge in [-0.3, -0.25) is 0 Å². The molecule has 4 nitrogen and oxygen atoms in total. The van der Waals surface area contributed by atoms with E-state index in [1.807, 2.05) is 0 Å². The Morgan fingerprint density at radius 1 is 0.920 bits per heavy atom. The molecule has 2 fully saturated rings. The van der Waals surface area contributed by atoms with Gasteiger partial charge in [0.05, 0.1) is 11.1 Å². The molecule has 2 atom stereocenters. The Hall–Kier alpha value is -1.58.